The summed E-state index contributed by atoms with van der Waals surface area (Å²) in [7, 11) is 0. The van der Waals surface area contributed by atoms with Gasteiger partial charge in [0.25, 0.3) is 5.91 Å². The number of nitrogens with zero attached hydrogens (tertiary/aromatic N) is 3. The Bertz CT molecular complexity index is 1160. The first-order chi connectivity index (χ1) is 16.6. The van der Waals surface area contributed by atoms with Crippen LogP contribution in [0.15, 0.2) is 54.6 Å². The molecule has 2 amide bonds. The third kappa shape index (κ3) is 5.03. The number of anilines is 1. The lowest BCUT2D eigenvalue weighted by Gasteiger charge is -2.36. The van der Waals surface area contributed by atoms with Crippen molar-refractivity contribution in [3.05, 3.63) is 82.1 Å². The summed E-state index contributed by atoms with van der Waals surface area (Å²) in [5, 5.41) is 3.28. The number of benzene rings is 2. The van der Waals surface area contributed by atoms with Crippen LogP contribution in [0.3, 0.4) is 0 Å². The third-order valence-electron chi connectivity index (χ3n) is 6.59. The monoisotopic (exact) mass is 478 g/mol. The second kappa shape index (κ2) is 10.0. The van der Waals surface area contributed by atoms with Crippen molar-refractivity contribution in [1.29, 1.82) is 0 Å². The van der Waals surface area contributed by atoms with Crippen molar-refractivity contribution in [2.24, 2.45) is 0 Å². The molecule has 0 bridgehead atoms. The molecule has 1 unspecified atom stereocenters. The number of hydrogen-bond donors (Lipinski definition) is 1. The van der Waals surface area contributed by atoms with Crippen molar-refractivity contribution in [2.45, 2.75) is 25.2 Å². The Balaban J connectivity index is 1.15. The van der Waals surface area contributed by atoms with E-state index in [1.54, 1.807) is 0 Å². The molecule has 3 aromatic rings. The molecule has 0 radical (unpaired) electrons. The number of nitrogens with one attached hydrogen (secondary N) is 1. The van der Waals surface area contributed by atoms with Crippen LogP contribution < -0.4 is 5.32 Å². The minimum absolute atomic E-state index is 0.142. The molecule has 0 saturated carbocycles. The molecular weight excluding hydrogens is 451 g/mol. The predicted octanol–water partition coefficient (Wildman–Crippen LogP) is 3.95. The molecule has 6 nitrogen and oxygen atoms in total. The second-order valence-corrected chi connectivity index (χ2v) is 9.87. The SMILES string of the molecule is O=C(Nc1nc2c(s1)CCC2C(=O)N1CCN(CCc2ccccc2)CC1)c1ccc(F)cc1. The summed E-state index contributed by atoms with van der Waals surface area (Å²) in [6, 6.07) is 15.9. The second-order valence-electron chi connectivity index (χ2n) is 8.78. The van der Waals surface area contributed by atoms with Crippen molar-refractivity contribution in [2.75, 3.05) is 38.0 Å². The van der Waals surface area contributed by atoms with E-state index in [9.17, 15) is 14.0 Å². The highest BCUT2D eigenvalue weighted by Crippen LogP contribution is 2.39. The molecule has 5 rings (SSSR count). The Morgan fingerprint density at radius 2 is 1.76 bits per heavy atom. The van der Waals surface area contributed by atoms with Crippen molar-refractivity contribution in [3.8, 4) is 0 Å². The molecule has 1 N–H and O–H groups in total. The summed E-state index contributed by atoms with van der Waals surface area (Å²) in [6.07, 6.45) is 2.59. The van der Waals surface area contributed by atoms with Gasteiger partial charge in [0.2, 0.25) is 5.91 Å². The largest absolute Gasteiger partial charge is 0.340 e. The summed E-state index contributed by atoms with van der Waals surface area (Å²) in [4.78, 5) is 35.8. The van der Waals surface area contributed by atoms with Crippen molar-refractivity contribution >= 4 is 28.3 Å². The minimum Gasteiger partial charge on any atom is -0.340 e. The zero-order valence-electron chi connectivity index (χ0n) is 18.9. The van der Waals surface area contributed by atoms with Crippen molar-refractivity contribution < 1.29 is 14.0 Å². The molecule has 1 fully saturated rings. The van der Waals surface area contributed by atoms with Crippen LogP contribution in [0.1, 0.15) is 38.8 Å². The fourth-order valence-electron chi connectivity index (χ4n) is 4.64. The molecule has 1 atom stereocenters. The smallest absolute Gasteiger partial charge is 0.257 e. The number of thiazole rings is 1. The lowest BCUT2D eigenvalue weighted by Crippen LogP contribution is -2.50. The van der Waals surface area contributed by atoms with E-state index in [-0.39, 0.29) is 23.5 Å². The number of rotatable bonds is 6. The fourth-order valence-corrected chi connectivity index (χ4v) is 5.67. The lowest BCUT2D eigenvalue weighted by atomic mass is 10.1. The molecule has 1 aliphatic heterocycles. The van der Waals surface area contributed by atoms with Gasteiger partial charge in [0, 0.05) is 43.2 Å². The molecule has 1 saturated heterocycles. The molecule has 34 heavy (non-hydrogen) atoms. The number of amides is 2. The lowest BCUT2D eigenvalue weighted by molar-refractivity contribution is -0.134. The fraction of sp³-hybridized carbons (Fsp3) is 0.346. The maximum atomic E-state index is 13.3. The highest BCUT2D eigenvalue weighted by molar-refractivity contribution is 7.16. The molecule has 2 aliphatic rings. The molecule has 1 aliphatic carbocycles. The Morgan fingerprint density at radius 3 is 2.50 bits per heavy atom. The van der Waals surface area contributed by atoms with Gasteiger partial charge in [0.1, 0.15) is 5.82 Å². The van der Waals surface area contributed by atoms with Crippen LogP contribution in [0.25, 0.3) is 0 Å². The highest BCUT2D eigenvalue weighted by atomic mass is 32.1. The Labute approximate surface area is 202 Å². The van der Waals surface area contributed by atoms with Crippen molar-refractivity contribution in [3.63, 3.8) is 0 Å². The maximum absolute atomic E-state index is 13.3. The van der Waals surface area contributed by atoms with E-state index in [1.165, 1.54) is 41.2 Å². The van der Waals surface area contributed by atoms with Gasteiger partial charge in [-0.25, -0.2) is 9.37 Å². The van der Waals surface area contributed by atoms with E-state index >= 15 is 0 Å². The van der Waals surface area contributed by atoms with E-state index in [4.69, 9.17) is 0 Å². The predicted molar refractivity (Wildman–Crippen MR) is 131 cm³/mol. The summed E-state index contributed by atoms with van der Waals surface area (Å²) < 4.78 is 13.1. The van der Waals surface area contributed by atoms with Crippen LogP contribution in [0.5, 0.6) is 0 Å². The molecule has 176 valence electrons. The number of aromatic nitrogens is 1. The molecule has 1 aromatic heterocycles. The number of fused-ring (bicyclic) bond motifs is 1. The highest BCUT2D eigenvalue weighted by Gasteiger charge is 2.36. The topological polar surface area (TPSA) is 65.5 Å². The van der Waals surface area contributed by atoms with E-state index in [0.29, 0.717) is 10.7 Å². The Hall–Kier alpha value is -3.10. The first kappa shape index (κ1) is 22.7. The average molecular weight is 479 g/mol. The van der Waals surface area contributed by atoms with E-state index in [1.807, 2.05) is 11.0 Å². The van der Waals surface area contributed by atoms with Crippen molar-refractivity contribution in [1.82, 2.24) is 14.8 Å². The molecule has 2 aromatic carbocycles. The van der Waals surface area contributed by atoms with Gasteiger partial charge in [0.05, 0.1) is 11.6 Å². The van der Waals surface area contributed by atoms with Crippen LogP contribution in [0.4, 0.5) is 9.52 Å². The number of carbonyl (C=O) groups is 2. The number of carbonyl (C=O) groups excluding carboxylic acids is 2. The first-order valence-electron chi connectivity index (χ1n) is 11.7. The zero-order chi connectivity index (χ0) is 23.5. The van der Waals surface area contributed by atoms with Gasteiger partial charge in [0.15, 0.2) is 5.13 Å². The number of piperazine rings is 1. The van der Waals surface area contributed by atoms with Gasteiger partial charge < -0.3 is 4.90 Å². The number of hydrogen-bond acceptors (Lipinski definition) is 5. The van der Waals surface area contributed by atoms with Gasteiger partial charge >= 0.3 is 0 Å². The zero-order valence-corrected chi connectivity index (χ0v) is 19.7. The van der Waals surface area contributed by atoms with Gasteiger partial charge in [-0.05, 0) is 49.1 Å². The van der Waals surface area contributed by atoms with Crippen LogP contribution in [-0.4, -0.2) is 59.3 Å². The maximum Gasteiger partial charge on any atom is 0.257 e. The normalized spacial score (nSPS) is 18.0. The van der Waals surface area contributed by atoms with Gasteiger partial charge in [-0.1, -0.05) is 30.3 Å². The Kier molecular flexibility index (Phi) is 6.69. The minimum atomic E-state index is -0.386. The number of aryl methyl sites for hydroxylation is 1. The van der Waals surface area contributed by atoms with Crippen LogP contribution in [0, 0.1) is 5.82 Å². The number of halogens is 1. The van der Waals surface area contributed by atoms with E-state index in [2.05, 4.69) is 39.5 Å². The van der Waals surface area contributed by atoms with E-state index < -0.39 is 0 Å². The molecular formula is C26H27FN4O2S. The van der Waals surface area contributed by atoms with Gasteiger partial charge in [-0.2, -0.15) is 0 Å². The molecule has 0 spiro atoms. The molecule has 2 heterocycles. The van der Waals surface area contributed by atoms with Crippen LogP contribution in [0.2, 0.25) is 0 Å². The standard InChI is InChI=1S/C26H27FN4O2S/c27-20-8-6-19(7-9-20)24(32)29-26-28-23-21(10-11-22(23)34-26)25(33)31-16-14-30(15-17-31)13-12-18-4-2-1-3-5-18/h1-9,21H,10-17H2,(H,28,29,32). The average Bonchev–Trinajstić information content (AvgIpc) is 3.44. The molecule has 8 heteroatoms. The summed E-state index contributed by atoms with van der Waals surface area (Å²) in [6.45, 7) is 4.24. The quantitative estimate of drug-likeness (QED) is 0.583. The van der Waals surface area contributed by atoms with E-state index in [0.717, 1.165) is 62.6 Å². The van der Waals surface area contributed by atoms with Gasteiger partial charge in [-0.15, -0.1) is 11.3 Å². The summed E-state index contributed by atoms with van der Waals surface area (Å²) >= 11 is 1.42. The summed E-state index contributed by atoms with van der Waals surface area (Å²) in [5.74, 6) is -0.813. The van der Waals surface area contributed by atoms with Gasteiger partial charge in [-0.3, -0.25) is 19.8 Å². The summed E-state index contributed by atoms with van der Waals surface area (Å²) in [5.41, 5.74) is 2.51. The first-order valence-corrected chi connectivity index (χ1v) is 12.5. The van der Waals surface area contributed by atoms with Crippen LogP contribution >= 0.6 is 11.3 Å². The Morgan fingerprint density at radius 1 is 1.03 bits per heavy atom. The third-order valence-corrected chi connectivity index (χ3v) is 7.63. The van der Waals surface area contributed by atoms with Crippen LogP contribution in [-0.2, 0) is 17.6 Å².